The first-order valence-corrected chi connectivity index (χ1v) is 7.78. The molecule has 24 heavy (non-hydrogen) atoms. The molecule has 1 aromatic rings. The Labute approximate surface area is 142 Å². The van der Waals surface area contributed by atoms with E-state index in [0.29, 0.717) is 17.9 Å². The van der Waals surface area contributed by atoms with Crippen molar-refractivity contribution in [3.63, 3.8) is 0 Å². The highest BCUT2D eigenvalue weighted by molar-refractivity contribution is 5.85. The third-order valence-corrected chi connectivity index (χ3v) is 3.66. The van der Waals surface area contributed by atoms with E-state index in [2.05, 4.69) is 5.32 Å². The largest absolute Gasteiger partial charge is 0.493 e. The molecule has 0 saturated carbocycles. The Morgan fingerprint density at radius 3 is 2.46 bits per heavy atom. The van der Waals surface area contributed by atoms with Gasteiger partial charge >= 0.3 is 5.97 Å². The third-order valence-electron chi connectivity index (χ3n) is 3.66. The van der Waals surface area contributed by atoms with E-state index in [0.717, 1.165) is 5.56 Å². The van der Waals surface area contributed by atoms with Gasteiger partial charge in [-0.15, -0.1) is 0 Å². The summed E-state index contributed by atoms with van der Waals surface area (Å²) in [5, 5.41) is 11.7. The zero-order valence-corrected chi connectivity index (χ0v) is 14.5. The minimum Gasteiger partial charge on any atom is -0.493 e. The molecule has 1 rings (SSSR count). The van der Waals surface area contributed by atoms with Crippen molar-refractivity contribution in [1.82, 2.24) is 5.32 Å². The maximum absolute atomic E-state index is 12.2. The second-order valence-corrected chi connectivity index (χ2v) is 5.50. The van der Waals surface area contributed by atoms with E-state index in [-0.39, 0.29) is 18.2 Å². The molecule has 0 heterocycles. The second-order valence-electron chi connectivity index (χ2n) is 5.50. The first-order chi connectivity index (χ1) is 11.4. The number of nitrogens with one attached hydrogen (secondary N) is 1. The fourth-order valence-electron chi connectivity index (χ4n) is 2.26. The Kier molecular flexibility index (Phi) is 7.82. The monoisotopic (exact) mass is 335 g/mol. The van der Waals surface area contributed by atoms with Gasteiger partial charge in [-0.1, -0.05) is 25.1 Å². The van der Waals surface area contributed by atoms with Crippen molar-refractivity contribution in [2.24, 2.45) is 5.92 Å². The van der Waals surface area contributed by atoms with Gasteiger partial charge in [0.1, 0.15) is 6.04 Å². The van der Waals surface area contributed by atoms with E-state index in [9.17, 15) is 9.59 Å². The van der Waals surface area contributed by atoms with Crippen LogP contribution in [0.4, 0.5) is 0 Å². The second kappa shape index (κ2) is 9.60. The van der Waals surface area contributed by atoms with Crippen molar-refractivity contribution >= 4 is 11.9 Å². The Hall–Kier alpha value is -2.50. The summed E-state index contributed by atoms with van der Waals surface area (Å²) in [6.07, 6.45) is 4.22. The highest BCUT2D eigenvalue weighted by atomic mass is 16.5. The number of amides is 1. The molecule has 0 aliphatic heterocycles. The van der Waals surface area contributed by atoms with Crippen LogP contribution < -0.4 is 14.8 Å². The molecule has 0 aliphatic carbocycles. The van der Waals surface area contributed by atoms with Gasteiger partial charge in [-0.05, 0) is 37.5 Å². The summed E-state index contributed by atoms with van der Waals surface area (Å²) in [6.45, 7) is 3.57. The lowest BCUT2D eigenvalue weighted by Gasteiger charge is -2.17. The maximum Gasteiger partial charge on any atom is 0.326 e. The van der Waals surface area contributed by atoms with Gasteiger partial charge in [0, 0.05) is 5.92 Å². The molecule has 0 fully saturated rings. The van der Waals surface area contributed by atoms with E-state index in [1.165, 1.54) is 0 Å². The molecule has 0 saturated heterocycles. The van der Waals surface area contributed by atoms with Crippen LogP contribution in [0.1, 0.15) is 25.8 Å². The molecule has 2 unspecified atom stereocenters. The van der Waals surface area contributed by atoms with Crippen LogP contribution in [-0.4, -0.2) is 37.2 Å². The summed E-state index contributed by atoms with van der Waals surface area (Å²) in [5.41, 5.74) is 0.913. The summed E-state index contributed by atoms with van der Waals surface area (Å²) < 4.78 is 10.4. The molecule has 0 radical (unpaired) electrons. The SMILES string of the molecule is C/C=C/CC(NC(=O)C(C)Cc1ccc(OC)c(OC)c1)C(=O)O. The van der Waals surface area contributed by atoms with Gasteiger partial charge in [0.25, 0.3) is 0 Å². The van der Waals surface area contributed by atoms with Crippen LogP contribution in [0.25, 0.3) is 0 Å². The molecule has 2 atom stereocenters. The van der Waals surface area contributed by atoms with Gasteiger partial charge in [-0.3, -0.25) is 4.79 Å². The predicted molar refractivity (Wildman–Crippen MR) is 91.4 cm³/mol. The van der Waals surface area contributed by atoms with Crippen molar-refractivity contribution in [2.45, 2.75) is 32.7 Å². The van der Waals surface area contributed by atoms with Gasteiger partial charge in [0.2, 0.25) is 5.91 Å². The zero-order chi connectivity index (χ0) is 18.1. The van der Waals surface area contributed by atoms with E-state index in [1.807, 2.05) is 12.1 Å². The quantitative estimate of drug-likeness (QED) is 0.677. The van der Waals surface area contributed by atoms with Crippen molar-refractivity contribution in [1.29, 1.82) is 0 Å². The van der Waals surface area contributed by atoms with Gasteiger partial charge in [0.05, 0.1) is 14.2 Å². The number of rotatable bonds is 9. The molecule has 1 amide bonds. The number of ether oxygens (including phenoxy) is 2. The number of carboxylic acids is 1. The summed E-state index contributed by atoms with van der Waals surface area (Å²) >= 11 is 0. The molecule has 0 aliphatic rings. The fraction of sp³-hybridized carbons (Fsp3) is 0.444. The van der Waals surface area contributed by atoms with Gasteiger partial charge in [0.15, 0.2) is 11.5 Å². The first-order valence-electron chi connectivity index (χ1n) is 7.78. The molecule has 1 aromatic carbocycles. The van der Waals surface area contributed by atoms with E-state index >= 15 is 0 Å². The summed E-state index contributed by atoms with van der Waals surface area (Å²) in [7, 11) is 3.11. The smallest absolute Gasteiger partial charge is 0.326 e. The van der Waals surface area contributed by atoms with Crippen molar-refractivity contribution in [3.8, 4) is 11.5 Å². The minimum absolute atomic E-state index is 0.265. The van der Waals surface area contributed by atoms with E-state index < -0.39 is 12.0 Å². The number of carbonyl (C=O) groups excluding carboxylic acids is 1. The zero-order valence-electron chi connectivity index (χ0n) is 14.5. The Morgan fingerprint density at radius 2 is 1.92 bits per heavy atom. The lowest BCUT2D eigenvalue weighted by atomic mass is 9.99. The number of carbonyl (C=O) groups is 2. The molecule has 2 N–H and O–H groups in total. The molecular weight excluding hydrogens is 310 g/mol. The van der Waals surface area contributed by atoms with E-state index in [4.69, 9.17) is 14.6 Å². The fourth-order valence-corrected chi connectivity index (χ4v) is 2.26. The van der Waals surface area contributed by atoms with Gasteiger partial charge in [-0.25, -0.2) is 4.79 Å². The number of methoxy groups -OCH3 is 2. The van der Waals surface area contributed by atoms with Crippen molar-refractivity contribution < 1.29 is 24.2 Å². The maximum atomic E-state index is 12.2. The van der Waals surface area contributed by atoms with Crippen LogP contribution in [-0.2, 0) is 16.0 Å². The Bertz CT molecular complexity index is 597. The van der Waals surface area contributed by atoms with Crippen LogP contribution in [0.15, 0.2) is 30.4 Å². The lowest BCUT2D eigenvalue weighted by Crippen LogP contribution is -2.43. The van der Waals surface area contributed by atoms with Crippen LogP contribution in [0.5, 0.6) is 11.5 Å². The van der Waals surface area contributed by atoms with E-state index in [1.54, 1.807) is 46.3 Å². The number of hydrogen-bond acceptors (Lipinski definition) is 4. The first kappa shape index (κ1) is 19.5. The Morgan fingerprint density at radius 1 is 1.25 bits per heavy atom. The number of allylic oxidation sites excluding steroid dienone is 1. The van der Waals surface area contributed by atoms with Crippen LogP contribution in [0.2, 0.25) is 0 Å². The number of hydrogen-bond donors (Lipinski definition) is 2. The number of benzene rings is 1. The van der Waals surface area contributed by atoms with Crippen LogP contribution >= 0.6 is 0 Å². The summed E-state index contributed by atoms with van der Waals surface area (Å²) in [6, 6.07) is 4.54. The van der Waals surface area contributed by atoms with Crippen LogP contribution in [0.3, 0.4) is 0 Å². The average Bonchev–Trinajstić information content (AvgIpc) is 2.57. The van der Waals surface area contributed by atoms with Gasteiger partial charge in [-0.2, -0.15) is 0 Å². The van der Waals surface area contributed by atoms with Crippen LogP contribution in [0, 0.1) is 5.92 Å². The third kappa shape index (κ3) is 5.61. The highest BCUT2D eigenvalue weighted by Gasteiger charge is 2.22. The van der Waals surface area contributed by atoms with Crippen molar-refractivity contribution in [3.05, 3.63) is 35.9 Å². The normalized spacial score (nSPS) is 13.3. The molecule has 132 valence electrons. The highest BCUT2D eigenvalue weighted by Crippen LogP contribution is 2.28. The lowest BCUT2D eigenvalue weighted by molar-refractivity contribution is -0.142. The summed E-state index contributed by atoms with van der Waals surface area (Å²) in [5.74, 6) is -0.480. The standard InChI is InChI=1S/C18H25NO5/c1-5-6-7-14(18(21)22)19-17(20)12(2)10-13-8-9-15(23-3)16(11-13)24-4/h5-6,8-9,11-12,14H,7,10H2,1-4H3,(H,19,20)(H,21,22)/b6-5+. The summed E-state index contributed by atoms with van der Waals surface area (Å²) in [4.78, 5) is 23.4. The number of aliphatic carboxylic acids is 1. The Balaban J connectivity index is 2.74. The molecule has 6 heteroatoms. The molecular formula is C18H25NO5. The number of carboxylic acid groups (broad SMARTS) is 1. The average molecular weight is 335 g/mol. The van der Waals surface area contributed by atoms with Gasteiger partial charge < -0.3 is 19.9 Å². The predicted octanol–water partition coefficient (Wildman–Crippen LogP) is 2.42. The topological polar surface area (TPSA) is 84.9 Å². The molecule has 0 spiro atoms. The molecule has 6 nitrogen and oxygen atoms in total. The molecule has 0 aromatic heterocycles. The van der Waals surface area contributed by atoms with Crippen molar-refractivity contribution in [2.75, 3.05) is 14.2 Å². The molecule has 0 bridgehead atoms. The minimum atomic E-state index is -1.04.